The average molecular weight is 410 g/mol. The summed E-state index contributed by atoms with van der Waals surface area (Å²) in [7, 11) is 1.95. The van der Waals surface area contributed by atoms with Crippen LogP contribution in [0.4, 0.5) is 10.6 Å². The molecule has 2 unspecified atom stereocenters. The molecular weight excluding hydrogens is 384 g/mol. The fourth-order valence-electron chi connectivity index (χ4n) is 4.26. The van der Waals surface area contributed by atoms with Crippen molar-refractivity contribution in [3.63, 3.8) is 0 Å². The van der Waals surface area contributed by atoms with Gasteiger partial charge in [0, 0.05) is 31.1 Å². The number of nitrogens with zero attached hydrogens (tertiary/aromatic N) is 4. The number of pyridine rings is 1. The first-order valence-corrected chi connectivity index (χ1v) is 9.92. The highest BCUT2D eigenvalue weighted by molar-refractivity contribution is 5.94. The van der Waals surface area contributed by atoms with Crippen molar-refractivity contribution in [1.29, 1.82) is 0 Å². The number of aromatic nitrogens is 4. The molecule has 3 aromatic rings. The monoisotopic (exact) mass is 410 g/mol. The fourth-order valence-corrected chi connectivity index (χ4v) is 4.26. The van der Waals surface area contributed by atoms with Crippen LogP contribution in [0.5, 0.6) is 0 Å². The van der Waals surface area contributed by atoms with Gasteiger partial charge in [0.25, 0.3) is 0 Å². The minimum absolute atomic E-state index is 0.0188. The second-order valence-electron chi connectivity index (χ2n) is 8.90. The number of H-pyrrole nitrogens is 2. The van der Waals surface area contributed by atoms with E-state index in [1.54, 1.807) is 4.90 Å². The molecule has 1 aliphatic rings. The van der Waals surface area contributed by atoms with Gasteiger partial charge in [0.1, 0.15) is 11.5 Å². The molecule has 9 heteroatoms. The topological polar surface area (TPSA) is 118 Å². The molecule has 30 heavy (non-hydrogen) atoms. The van der Waals surface area contributed by atoms with Crippen molar-refractivity contribution < 1.29 is 9.90 Å². The molecule has 1 aliphatic heterocycles. The molecule has 158 valence electrons. The number of amides is 1. The summed E-state index contributed by atoms with van der Waals surface area (Å²) in [6, 6.07) is 9.66. The molecule has 1 aromatic carbocycles. The number of likely N-dealkylation sites (tertiary alicyclic amines) is 1. The van der Waals surface area contributed by atoms with Crippen LogP contribution in [0.1, 0.15) is 27.2 Å². The van der Waals surface area contributed by atoms with Crippen LogP contribution in [0.3, 0.4) is 0 Å². The van der Waals surface area contributed by atoms with Crippen molar-refractivity contribution >= 4 is 22.7 Å². The van der Waals surface area contributed by atoms with Gasteiger partial charge in [-0.3, -0.25) is 4.98 Å². The molecule has 1 saturated heterocycles. The zero-order valence-electron chi connectivity index (χ0n) is 17.5. The van der Waals surface area contributed by atoms with Crippen LogP contribution in [0, 0.1) is 5.41 Å². The first-order chi connectivity index (χ1) is 14.1. The van der Waals surface area contributed by atoms with Gasteiger partial charge in [0.15, 0.2) is 5.82 Å². The zero-order chi connectivity index (χ0) is 21.6. The quantitative estimate of drug-likeness (QED) is 0.611. The molecule has 9 nitrogen and oxygen atoms in total. The van der Waals surface area contributed by atoms with E-state index >= 15 is 0 Å². The number of likely N-dealkylation sites (N-methyl/N-ethyl adjacent to an activating group) is 1. The SMILES string of the molecule is CN(c1nc(-c2n[nH]c(=O)[nH]2)cc2ccccc12)C1CC(C(C)(C)C)N(C(=O)O)C1. The Kier molecular flexibility index (Phi) is 4.76. The van der Waals surface area contributed by atoms with Crippen LogP contribution in [-0.2, 0) is 0 Å². The van der Waals surface area contributed by atoms with Gasteiger partial charge in [-0.1, -0.05) is 45.0 Å². The molecule has 0 saturated carbocycles. The van der Waals surface area contributed by atoms with Crippen molar-refractivity contribution in [3.05, 3.63) is 40.8 Å². The zero-order valence-corrected chi connectivity index (χ0v) is 17.5. The molecule has 2 aromatic heterocycles. The highest BCUT2D eigenvalue weighted by Gasteiger charge is 2.43. The predicted octanol–water partition coefficient (Wildman–Crippen LogP) is 2.92. The van der Waals surface area contributed by atoms with E-state index in [2.05, 4.69) is 40.9 Å². The highest BCUT2D eigenvalue weighted by Crippen LogP contribution is 2.37. The Bertz CT molecular complexity index is 1150. The van der Waals surface area contributed by atoms with Crippen molar-refractivity contribution in [2.75, 3.05) is 18.5 Å². The number of carbonyl (C=O) groups is 1. The predicted molar refractivity (Wildman–Crippen MR) is 115 cm³/mol. The van der Waals surface area contributed by atoms with Gasteiger partial charge in [-0.05, 0) is 23.3 Å². The third kappa shape index (κ3) is 3.51. The van der Waals surface area contributed by atoms with Gasteiger partial charge < -0.3 is 14.9 Å². The minimum Gasteiger partial charge on any atom is -0.465 e. The van der Waals surface area contributed by atoms with Crippen LogP contribution in [0.15, 0.2) is 35.1 Å². The lowest BCUT2D eigenvalue weighted by atomic mass is 9.84. The van der Waals surface area contributed by atoms with E-state index in [0.29, 0.717) is 24.5 Å². The van der Waals surface area contributed by atoms with Crippen molar-refractivity contribution in [3.8, 4) is 11.5 Å². The second-order valence-corrected chi connectivity index (χ2v) is 8.90. The molecule has 2 atom stereocenters. The molecule has 0 aliphatic carbocycles. The first kappa shape index (κ1) is 19.9. The van der Waals surface area contributed by atoms with Gasteiger partial charge in [0.2, 0.25) is 0 Å². The maximum atomic E-state index is 11.9. The summed E-state index contributed by atoms with van der Waals surface area (Å²) in [5.41, 5.74) is -0.00928. The van der Waals surface area contributed by atoms with Gasteiger partial charge in [-0.15, -0.1) is 0 Å². The van der Waals surface area contributed by atoms with E-state index in [1.165, 1.54) is 0 Å². The van der Waals surface area contributed by atoms with Gasteiger partial charge in [0.05, 0.1) is 0 Å². The van der Waals surface area contributed by atoms with Crippen LogP contribution in [-0.4, -0.2) is 61.9 Å². The molecule has 0 bridgehead atoms. The fraction of sp³-hybridized carbons (Fsp3) is 0.429. The number of benzene rings is 1. The number of nitrogens with one attached hydrogen (secondary N) is 2. The number of hydrogen-bond donors (Lipinski definition) is 3. The van der Waals surface area contributed by atoms with Crippen LogP contribution >= 0.6 is 0 Å². The van der Waals surface area contributed by atoms with Gasteiger partial charge in [-0.2, -0.15) is 5.10 Å². The van der Waals surface area contributed by atoms with Crippen molar-refractivity contribution in [1.82, 2.24) is 25.1 Å². The van der Waals surface area contributed by atoms with E-state index in [0.717, 1.165) is 16.6 Å². The summed E-state index contributed by atoms with van der Waals surface area (Å²) >= 11 is 0. The molecule has 1 amide bonds. The van der Waals surface area contributed by atoms with E-state index in [1.807, 2.05) is 37.4 Å². The molecule has 3 heterocycles. The number of carboxylic acid groups (broad SMARTS) is 1. The number of rotatable bonds is 3. The maximum absolute atomic E-state index is 11.9. The summed E-state index contributed by atoms with van der Waals surface area (Å²) in [5, 5.41) is 18.0. The standard InChI is InChI=1S/C21H26N6O3/c1-21(2,3)16-10-13(11-27(16)20(29)30)26(4)18-14-8-6-5-7-12(14)9-15(22-18)17-23-19(28)25-24-17/h5-9,13,16H,10-11H2,1-4H3,(H,29,30)(H2,23,24,25,28). The van der Waals surface area contributed by atoms with E-state index in [9.17, 15) is 14.7 Å². The van der Waals surface area contributed by atoms with E-state index < -0.39 is 11.8 Å². The normalized spacial score (nSPS) is 19.4. The van der Waals surface area contributed by atoms with Crippen molar-refractivity contribution in [2.45, 2.75) is 39.3 Å². The maximum Gasteiger partial charge on any atom is 0.407 e. The second kappa shape index (κ2) is 7.16. The molecule has 3 N–H and O–H groups in total. The Balaban J connectivity index is 1.77. The molecule has 4 rings (SSSR count). The molecule has 1 fully saturated rings. The van der Waals surface area contributed by atoms with Crippen LogP contribution in [0.25, 0.3) is 22.3 Å². The Morgan fingerprint density at radius 3 is 2.63 bits per heavy atom. The Morgan fingerprint density at radius 1 is 1.30 bits per heavy atom. The van der Waals surface area contributed by atoms with E-state index in [4.69, 9.17) is 4.98 Å². The Morgan fingerprint density at radius 2 is 2.03 bits per heavy atom. The smallest absolute Gasteiger partial charge is 0.407 e. The summed E-state index contributed by atoms with van der Waals surface area (Å²) in [4.78, 5) is 34.4. The average Bonchev–Trinajstić information content (AvgIpc) is 3.33. The van der Waals surface area contributed by atoms with E-state index in [-0.39, 0.29) is 17.5 Å². The van der Waals surface area contributed by atoms with Gasteiger partial charge in [-0.25, -0.2) is 19.7 Å². The summed E-state index contributed by atoms with van der Waals surface area (Å²) in [6.45, 7) is 6.61. The number of aromatic amines is 2. The van der Waals surface area contributed by atoms with Crippen molar-refractivity contribution in [2.24, 2.45) is 5.41 Å². The lowest BCUT2D eigenvalue weighted by Gasteiger charge is -2.33. The number of fused-ring (bicyclic) bond motifs is 1. The van der Waals surface area contributed by atoms with Crippen LogP contribution in [0.2, 0.25) is 0 Å². The Hall–Kier alpha value is -3.36. The largest absolute Gasteiger partial charge is 0.465 e. The van der Waals surface area contributed by atoms with Crippen LogP contribution < -0.4 is 10.6 Å². The Labute approximate surface area is 173 Å². The third-order valence-electron chi connectivity index (χ3n) is 5.87. The minimum atomic E-state index is -0.897. The highest BCUT2D eigenvalue weighted by atomic mass is 16.4. The molecule has 0 radical (unpaired) electrons. The summed E-state index contributed by atoms with van der Waals surface area (Å²) in [6.07, 6.45) is -0.183. The molecule has 0 spiro atoms. The lowest BCUT2D eigenvalue weighted by Crippen LogP contribution is -2.42. The summed E-state index contributed by atoms with van der Waals surface area (Å²) < 4.78 is 0. The molecular formula is C21H26N6O3. The number of hydrogen-bond acceptors (Lipinski definition) is 5. The number of anilines is 1. The third-order valence-corrected chi connectivity index (χ3v) is 5.87. The lowest BCUT2D eigenvalue weighted by molar-refractivity contribution is 0.106. The first-order valence-electron chi connectivity index (χ1n) is 9.92. The summed E-state index contributed by atoms with van der Waals surface area (Å²) in [5.74, 6) is 1.10. The van der Waals surface area contributed by atoms with Gasteiger partial charge >= 0.3 is 11.8 Å².